The number of benzene rings is 2. The van der Waals surface area contributed by atoms with E-state index in [4.69, 9.17) is 0 Å². The lowest BCUT2D eigenvalue weighted by Crippen LogP contribution is -2.93. The van der Waals surface area contributed by atoms with Crippen LogP contribution in [-0.4, -0.2) is 31.9 Å². The Morgan fingerprint density at radius 1 is 1.12 bits per heavy atom. The Morgan fingerprint density at radius 3 is 2.40 bits per heavy atom. The van der Waals surface area contributed by atoms with Gasteiger partial charge in [0, 0.05) is 17.7 Å². The summed E-state index contributed by atoms with van der Waals surface area (Å²) < 4.78 is 23.5. The molecular weight excluding hydrogens is 336 g/mol. The first-order valence-electron chi connectivity index (χ1n) is 8.41. The Labute approximate surface area is 148 Å². The molecule has 0 unspecified atom stereocenters. The van der Waals surface area contributed by atoms with Gasteiger partial charge < -0.3 is 10.6 Å². The zero-order valence-electron chi connectivity index (χ0n) is 14.2. The molecule has 5 nitrogen and oxygen atoms in total. The number of nitrogens with one attached hydrogen (secondary N) is 1. The summed E-state index contributed by atoms with van der Waals surface area (Å²) in [4.78, 5) is 12.9. The first kappa shape index (κ1) is 17.6. The molecule has 1 fully saturated rings. The van der Waals surface area contributed by atoms with Crippen LogP contribution in [0.25, 0.3) is 0 Å². The summed E-state index contributed by atoms with van der Waals surface area (Å²) in [6.45, 7) is 1.99. The molecule has 2 aromatic rings. The molecule has 6 heteroatoms. The fourth-order valence-corrected chi connectivity index (χ4v) is 4.87. The van der Waals surface area contributed by atoms with Crippen LogP contribution in [0.15, 0.2) is 54.6 Å². The third-order valence-electron chi connectivity index (χ3n) is 4.49. The van der Waals surface area contributed by atoms with Gasteiger partial charge in [-0.05, 0) is 19.1 Å². The van der Waals surface area contributed by atoms with Crippen molar-refractivity contribution in [3.63, 3.8) is 0 Å². The van der Waals surface area contributed by atoms with Crippen molar-refractivity contribution in [2.75, 3.05) is 16.8 Å². The molecule has 1 heterocycles. The molecule has 0 aliphatic carbocycles. The van der Waals surface area contributed by atoms with Crippen molar-refractivity contribution in [2.24, 2.45) is 0 Å². The van der Waals surface area contributed by atoms with Crippen molar-refractivity contribution in [3.05, 3.63) is 65.7 Å². The SMILES string of the molecule is Cc1ccc(NC(=O)[C@@H]([NH2+][C@H]2CCS(=O)(=O)C2)c2ccccc2)cc1. The number of carbonyl (C=O) groups is 1. The summed E-state index contributed by atoms with van der Waals surface area (Å²) in [5, 5.41) is 4.84. The van der Waals surface area contributed by atoms with Crippen molar-refractivity contribution >= 4 is 21.4 Å². The smallest absolute Gasteiger partial charge is 0.287 e. The zero-order valence-corrected chi connectivity index (χ0v) is 15.0. The summed E-state index contributed by atoms with van der Waals surface area (Å²) in [7, 11) is -2.98. The van der Waals surface area contributed by atoms with Crippen molar-refractivity contribution < 1.29 is 18.5 Å². The number of nitrogens with two attached hydrogens (primary N) is 1. The zero-order chi connectivity index (χ0) is 17.9. The number of anilines is 1. The summed E-state index contributed by atoms with van der Waals surface area (Å²) in [6, 6.07) is 16.6. The number of sulfone groups is 1. The molecule has 2 aromatic carbocycles. The van der Waals surface area contributed by atoms with Gasteiger partial charge in [0.1, 0.15) is 11.8 Å². The third kappa shape index (κ3) is 4.67. The third-order valence-corrected chi connectivity index (χ3v) is 6.29. The maximum atomic E-state index is 12.9. The monoisotopic (exact) mass is 359 g/mol. The fourth-order valence-electron chi connectivity index (χ4n) is 3.11. The normalized spacial score (nSPS) is 20.1. The highest BCUT2D eigenvalue weighted by molar-refractivity contribution is 7.91. The minimum Gasteiger partial charge on any atom is -0.329 e. The minimum absolute atomic E-state index is 0.0843. The van der Waals surface area contributed by atoms with Crippen molar-refractivity contribution in [2.45, 2.75) is 25.4 Å². The van der Waals surface area contributed by atoms with Crippen LogP contribution in [0.1, 0.15) is 23.6 Å². The van der Waals surface area contributed by atoms with E-state index in [0.717, 1.165) is 16.8 Å². The van der Waals surface area contributed by atoms with Crippen LogP contribution < -0.4 is 10.6 Å². The van der Waals surface area contributed by atoms with E-state index in [0.29, 0.717) is 6.42 Å². The maximum Gasteiger partial charge on any atom is 0.287 e. The molecule has 132 valence electrons. The number of aryl methyl sites for hydroxylation is 1. The van der Waals surface area contributed by atoms with E-state index in [1.54, 1.807) is 0 Å². The van der Waals surface area contributed by atoms with Crippen molar-refractivity contribution in [1.29, 1.82) is 0 Å². The van der Waals surface area contributed by atoms with Gasteiger partial charge in [0.15, 0.2) is 15.9 Å². The van der Waals surface area contributed by atoms with Gasteiger partial charge in [-0.1, -0.05) is 48.0 Å². The van der Waals surface area contributed by atoms with Crippen LogP contribution in [0.3, 0.4) is 0 Å². The molecule has 1 amide bonds. The minimum atomic E-state index is -2.98. The highest BCUT2D eigenvalue weighted by Crippen LogP contribution is 2.16. The lowest BCUT2D eigenvalue weighted by molar-refractivity contribution is -0.710. The lowest BCUT2D eigenvalue weighted by Gasteiger charge is -2.19. The Morgan fingerprint density at radius 2 is 1.80 bits per heavy atom. The van der Waals surface area contributed by atoms with Gasteiger partial charge in [0.2, 0.25) is 0 Å². The number of amides is 1. The standard InChI is InChI=1S/C19H22N2O3S/c1-14-7-9-16(10-8-14)21-19(22)18(15-5-3-2-4-6-15)20-17-11-12-25(23,24)13-17/h2-10,17-18,20H,11-13H2,1H3,(H,21,22)/p+1/t17-,18-/m0/s1. The molecule has 0 saturated carbocycles. The lowest BCUT2D eigenvalue weighted by atomic mass is 10.0. The number of hydrogen-bond donors (Lipinski definition) is 2. The predicted octanol–water partition coefficient (Wildman–Crippen LogP) is 1.43. The average molecular weight is 359 g/mol. The Kier molecular flexibility index (Phi) is 5.20. The second-order valence-corrected chi connectivity index (χ2v) is 8.83. The van der Waals surface area contributed by atoms with Crippen molar-refractivity contribution in [3.8, 4) is 0 Å². The molecule has 0 bridgehead atoms. The molecule has 3 rings (SSSR count). The molecule has 0 spiro atoms. The Hall–Kier alpha value is -2.18. The molecule has 1 aliphatic rings. The van der Waals surface area contributed by atoms with Crippen LogP contribution in [-0.2, 0) is 14.6 Å². The van der Waals surface area contributed by atoms with Gasteiger partial charge in [-0.2, -0.15) is 0 Å². The topological polar surface area (TPSA) is 79.8 Å². The highest BCUT2D eigenvalue weighted by Gasteiger charge is 2.35. The predicted molar refractivity (Wildman–Crippen MR) is 98.0 cm³/mol. The molecule has 25 heavy (non-hydrogen) atoms. The van der Waals surface area contributed by atoms with E-state index in [1.165, 1.54) is 0 Å². The van der Waals surface area contributed by atoms with Crippen LogP contribution in [0, 0.1) is 6.92 Å². The van der Waals surface area contributed by atoms with Crippen molar-refractivity contribution in [1.82, 2.24) is 0 Å². The maximum absolute atomic E-state index is 12.9. The van der Waals surface area contributed by atoms with E-state index in [9.17, 15) is 13.2 Å². The summed E-state index contributed by atoms with van der Waals surface area (Å²) in [6.07, 6.45) is 0.587. The number of rotatable bonds is 5. The molecule has 0 aromatic heterocycles. The summed E-state index contributed by atoms with van der Waals surface area (Å²) in [5.41, 5.74) is 2.74. The van der Waals surface area contributed by atoms with Gasteiger partial charge in [-0.3, -0.25) is 4.79 Å². The molecule has 0 radical (unpaired) electrons. The Bertz CT molecular complexity index is 833. The quantitative estimate of drug-likeness (QED) is 0.847. The summed E-state index contributed by atoms with van der Waals surface area (Å²) >= 11 is 0. The van der Waals surface area contributed by atoms with E-state index in [1.807, 2.05) is 66.8 Å². The first-order chi connectivity index (χ1) is 11.9. The molecule has 1 saturated heterocycles. The van der Waals surface area contributed by atoms with Crippen LogP contribution in [0.5, 0.6) is 0 Å². The van der Waals surface area contributed by atoms with Gasteiger partial charge in [0.05, 0.1) is 5.75 Å². The van der Waals surface area contributed by atoms with Gasteiger partial charge in [-0.25, -0.2) is 8.42 Å². The number of carbonyl (C=O) groups excluding carboxylic acids is 1. The summed E-state index contributed by atoms with van der Waals surface area (Å²) in [5.74, 6) is 0.197. The van der Waals surface area contributed by atoms with E-state index in [-0.39, 0.29) is 23.5 Å². The Balaban J connectivity index is 1.78. The second-order valence-electron chi connectivity index (χ2n) is 6.60. The van der Waals surface area contributed by atoms with Gasteiger partial charge in [0.25, 0.3) is 5.91 Å². The second kappa shape index (κ2) is 7.37. The van der Waals surface area contributed by atoms with Crippen LogP contribution >= 0.6 is 0 Å². The van der Waals surface area contributed by atoms with Gasteiger partial charge >= 0.3 is 0 Å². The van der Waals surface area contributed by atoms with Crippen LogP contribution in [0.2, 0.25) is 0 Å². The molecule has 3 N–H and O–H groups in total. The average Bonchev–Trinajstić information content (AvgIpc) is 2.94. The fraction of sp³-hybridized carbons (Fsp3) is 0.316. The highest BCUT2D eigenvalue weighted by atomic mass is 32.2. The molecular formula is C19H23N2O3S+. The van der Waals surface area contributed by atoms with Gasteiger partial charge in [-0.15, -0.1) is 0 Å². The number of quaternary nitrogens is 1. The van der Waals surface area contributed by atoms with E-state index < -0.39 is 15.9 Å². The van der Waals surface area contributed by atoms with E-state index >= 15 is 0 Å². The largest absolute Gasteiger partial charge is 0.329 e. The first-order valence-corrected chi connectivity index (χ1v) is 10.2. The van der Waals surface area contributed by atoms with Crippen LogP contribution in [0.4, 0.5) is 5.69 Å². The molecule has 2 atom stereocenters. The van der Waals surface area contributed by atoms with E-state index in [2.05, 4.69) is 5.32 Å². The molecule has 1 aliphatic heterocycles. The number of hydrogen-bond acceptors (Lipinski definition) is 3.